The molecule has 3 fully saturated rings. The van der Waals surface area contributed by atoms with Crippen molar-refractivity contribution in [3.63, 3.8) is 0 Å². The van der Waals surface area contributed by atoms with E-state index in [2.05, 4.69) is 70.9 Å². The van der Waals surface area contributed by atoms with Crippen LogP contribution in [-0.4, -0.2) is 36.5 Å². The number of rotatable bonds is 4. The van der Waals surface area contributed by atoms with Gasteiger partial charge in [-0.1, -0.05) is 60.7 Å². The molecule has 1 amide bonds. The largest absolute Gasteiger partial charge is 0.352 e. The molecule has 3 aliphatic heterocycles. The van der Waals surface area contributed by atoms with Crippen molar-refractivity contribution in [2.24, 2.45) is 5.92 Å². The van der Waals surface area contributed by atoms with Crippen LogP contribution < -0.4 is 5.32 Å². The van der Waals surface area contributed by atoms with Gasteiger partial charge >= 0.3 is 0 Å². The Labute approximate surface area is 143 Å². The Balaban J connectivity index is 1.59. The Morgan fingerprint density at radius 1 is 0.917 bits per heavy atom. The van der Waals surface area contributed by atoms with Crippen LogP contribution in [0.4, 0.5) is 0 Å². The minimum atomic E-state index is 0.163. The Morgan fingerprint density at radius 3 is 2.12 bits per heavy atom. The normalized spacial score (nSPS) is 24.0. The standard InChI is InChI=1S/C21H24N2O/c24-21-18-11-12-19(22-21)14-23(13-18)15-20(16-7-3-1-4-8-16)17-9-5-2-6-10-17/h1-10,18-20H,11-15H2,(H,22,24)/t18-,19+/m1/s1. The van der Waals surface area contributed by atoms with Gasteiger partial charge in [-0.3, -0.25) is 9.69 Å². The number of hydrogen-bond acceptors (Lipinski definition) is 2. The summed E-state index contributed by atoms with van der Waals surface area (Å²) in [5, 5.41) is 3.18. The van der Waals surface area contributed by atoms with Gasteiger partial charge in [-0.2, -0.15) is 0 Å². The van der Waals surface area contributed by atoms with Gasteiger partial charge in [0.05, 0.1) is 5.92 Å². The van der Waals surface area contributed by atoms with E-state index in [1.54, 1.807) is 0 Å². The van der Waals surface area contributed by atoms with Gasteiger partial charge in [0.15, 0.2) is 0 Å². The fourth-order valence-corrected chi connectivity index (χ4v) is 4.11. The molecule has 2 aromatic rings. The first-order valence-corrected chi connectivity index (χ1v) is 8.92. The molecule has 5 rings (SSSR count). The lowest BCUT2D eigenvalue weighted by Gasteiger charge is -2.28. The highest BCUT2D eigenvalue weighted by Crippen LogP contribution is 2.29. The molecule has 0 saturated carbocycles. The summed E-state index contributed by atoms with van der Waals surface area (Å²) in [5.41, 5.74) is 2.69. The summed E-state index contributed by atoms with van der Waals surface area (Å²) in [4.78, 5) is 14.6. The molecule has 0 spiro atoms. The van der Waals surface area contributed by atoms with E-state index in [1.165, 1.54) is 11.1 Å². The summed E-state index contributed by atoms with van der Waals surface area (Å²) in [6, 6.07) is 21.8. The molecule has 0 radical (unpaired) electrons. The summed E-state index contributed by atoms with van der Waals surface area (Å²) in [6.07, 6.45) is 2.16. The maximum atomic E-state index is 12.1. The third-order valence-electron chi connectivity index (χ3n) is 5.38. The van der Waals surface area contributed by atoms with Gasteiger partial charge in [-0.15, -0.1) is 0 Å². The minimum Gasteiger partial charge on any atom is -0.352 e. The molecule has 2 bridgehead atoms. The number of hydrogen-bond donors (Lipinski definition) is 1. The second kappa shape index (κ2) is 6.78. The summed E-state index contributed by atoms with van der Waals surface area (Å²) in [6.45, 7) is 2.83. The number of nitrogens with one attached hydrogen (secondary N) is 1. The van der Waals surface area contributed by atoms with Crippen molar-refractivity contribution < 1.29 is 4.79 Å². The zero-order chi connectivity index (χ0) is 16.4. The fourth-order valence-electron chi connectivity index (χ4n) is 4.11. The lowest BCUT2D eigenvalue weighted by atomic mass is 9.90. The van der Waals surface area contributed by atoms with Crippen LogP contribution in [0.3, 0.4) is 0 Å². The molecule has 0 aromatic heterocycles. The van der Waals surface area contributed by atoms with Gasteiger partial charge in [-0.05, 0) is 24.0 Å². The Hall–Kier alpha value is -2.13. The number of amides is 1. The lowest BCUT2D eigenvalue weighted by Crippen LogP contribution is -2.43. The number of benzene rings is 2. The molecule has 3 heteroatoms. The number of piperidine rings is 1. The van der Waals surface area contributed by atoms with Crippen LogP contribution in [0.2, 0.25) is 0 Å². The minimum absolute atomic E-state index is 0.163. The van der Waals surface area contributed by atoms with E-state index in [0.717, 1.165) is 32.5 Å². The van der Waals surface area contributed by atoms with Crippen molar-refractivity contribution in [1.29, 1.82) is 0 Å². The first-order chi connectivity index (χ1) is 11.8. The van der Waals surface area contributed by atoms with Crippen molar-refractivity contribution in [2.75, 3.05) is 19.6 Å². The Bertz CT molecular complexity index is 646. The first kappa shape index (κ1) is 15.4. The van der Waals surface area contributed by atoms with Crippen molar-refractivity contribution in [3.8, 4) is 0 Å². The molecular formula is C21H24N2O. The Morgan fingerprint density at radius 2 is 1.54 bits per heavy atom. The van der Waals surface area contributed by atoms with Crippen LogP contribution in [0, 0.1) is 5.92 Å². The van der Waals surface area contributed by atoms with Gasteiger partial charge in [0, 0.05) is 31.6 Å². The molecule has 2 atom stereocenters. The number of carbonyl (C=O) groups is 1. The molecule has 0 aliphatic carbocycles. The highest BCUT2D eigenvalue weighted by molar-refractivity contribution is 5.80. The molecule has 24 heavy (non-hydrogen) atoms. The topological polar surface area (TPSA) is 32.3 Å². The molecule has 3 nitrogen and oxygen atoms in total. The molecule has 3 heterocycles. The zero-order valence-corrected chi connectivity index (χ0v) is 13.9. The van der Waals surface area contributed by atoms with Crippen molar-refractivity contribution in [1.82, 2.24) is 10.2 Å². The summed E-state index contributed by atoms with van der Waals surface area (Å²) < 4.78 is 0. The van der Waals surface area contributed by atoms with Gasteiger partial charge in [0.2, 0.25) is 5.91 Å². The third-order valence-corrected chi connectivity index (χ3v) is 5.38. The SMILES string of the molecule is O=C1N[C@H]2CC[C@@H]1CN(CC(c1ccccc1)c1ccccc1)C2. The van der Waals surface area contributed by atoms with E-state index in [4.69, 9.17) is 0 Å². The van der Waals surface area contributed by atoms with Crippen molar-refractivity contribution in [3.05, 3.63) is 71.8 Å². The molecular weight excluding hydrogens is 296 g/mol. The predicted octanol–water partition coefficient (Wildman–Crippen LogP) is 3.03. The smallest absolute Gasteiger partial charge is 0.224 e. The highest BCUT2D eigenvalue weighted by atomic mass is 16.2. The molecule has 3 aliphatic rings. The second-order valence-electron chi connectivity index (χ2n) is 7.07. The van der Waals surface area contributed by atoms with E-state index >= 15 is 0 Å². The summed E-state index contributed by atoms with van der Waals surface area (Å²) >= 11 is 0. The van der Waals surface area contributed by atoms with Crippen molar-refractivity contribution in [2.45, 2.75) is 24.8 Å². The van der Waals surface area contributed by atoms with Crippen LogP contribution in [0.5, 0.6) is 0 Å². The molecule has 3 saturated heterocycles. The monoisotopic (exact) mass is 320 g/mol. The van der Waals surface area contributed by atoms with Crippen LogP contribution in [0.1, 0.15) is 29.9 Å². The van der Waals surface area contributed by atoms with Gasteiger partial charge in [-0.25, -0.2) is 0 Å². The van der Waals surface area contributed by atoms with Gasteiger partial charge in [0.1, 0.15) is 0 Å². The number of carbonyl (C=O) groups excluding carboxylic acids is 1. The molecule has 0 unspecified atom stereocenters. The lowest BCUT2D eigenvalue weighted by molar-refractivity contribution is -0.126. The second-order valence-corrected chi connectivity index (χ2v) is 7.07. The van der Waals surface area contributed by atoms with E-state index in [1.807, 2.05) is 0 Å². The average Bonchev–Trinajstić information content (AvgIpc) is 2.91. The predicted molar refractivity (Wildman–Crippen MR) is 95.8 cm³/mol. The molecule has 124 valence electrons. The van der Waals surface area contributed by atoms with E-state index < -0.39 is 0 Å². The van der Waals surface area contributed by atoms with Gasteiger partial charge in [0.25, 0.3) is 0 Å². The number of fused-ring (bicyclic) bond motifs is 4. The summed E-state index contributed by atoms with van der Waals surface area (Å²) in [7, 11) is 0. The maximum absolute atomic E-state index is 12.1. The van der Waals surface area contributed by atoms with Crippen molar-refractivity contribution >= 4 is 5.91 Å². The molecule has 2 aromatic carbocycles. The van der Waals surface area contributed by atoms with E-state index in [-0.39, 0.29) is 11.8 Å². The van der Waals surface area contributed by atoms with Crippen LogP contribution in [0.25, 0.3) is 0 Å². The van der Waals surface area contributed by atoms with Crippen LogP contribution in [0.15, 0.2) is 60.7 Å². The average molecular weight is 320 g/mol. The van der Waals surface area contributed by atoms with Crippen LogP contribution >= 0.6 is 0 Å². The third kappa shape index (κ3) is 3.22. The van der Waals surface area contributed by atoms with Crippen LogP contribution in [-0.2, 0) is 4.79 Å². The van der Waals surface area contributed by atoms with E-state index in [9.17, 15) is 4.79 Å². The maximum Gasteiger partial charge on any atom is 0.224 e. The number of nitrogens with zero attached hydrogens (tertiary/aromatic N) is 1. The van der Waals surface area contributed by atoms with E-state index in [0.29, 0.717) is 12.0 Å². The fraction of sp³-hybridized carbons (Fsp3) is 0.381. The first-order valence-electron chi connectivity index (χ1n) is 8.92. The highest BCUT2D eigenvalue weighted by Gasteiger charge is 2.35. The quantitative estimate of drug-likeness (QED) is 0.939. The molecule has 1 N–H and O–H groups in total. The van der Waals surface area contributed by atoms with Gasteiger partial charge < -0.3 is 5.32 Å². The zero-order valence-electron chi connectivity index (χ0n) is 13.9. The summed E-state index contributed by atoms with van der Waals surface area (Å²) in [5.74, 6) is 0.765. The Kier molecular flexibility index (Phi) is 4.35.